The van der Waals surface area contributed by atoms with Gasteiger partial charge in [0.1, 0.15) is 18.3 Å². The predicted molar refractivity (Wildman–Crippen MR) is 72.2 cm³/mol. The van der Waals surface area contributed by atoms with Crippen molar-refractivity contribution in [1.29, 1.82) is 5.41 Å². The van der Waals surface area contributed by atoms with Gasteiger partial charge in [0.15, 0.2) is 5.76 Å². The monoisotopic (exact) mass is 262 g/mol. The van der Waals surface area contributed by atoms with E-state index in [-0.39, 0.29) is 0 Å². The minimum atomic E-state index is 0.586. The summed E-state index contributed by atoms with van der Waals surface area (Å²) in [7, 11) is 0. The number of hydrogen-bond acceptors (Lipinski definition) is 2. The molecule has 0 fully saturated rings. The number of amidine groups is 1. The number of aryl methyl sites for hydroxylation is 1. The molecule has 0 spiro atoms. The van der Waals surface area contributed by atoms with Crippen LogP contribution in [-0.2, 0) is 0 Å². The highest BCUT2D eigenvalue weighted by molar-refractivity contribution is 6.32. The van der Waals surface area contributed by atoms with Crippen LogP contribution in [0.5, 0.6) is 5.75 Å². The molecule has 0 amide bonds. The molecular weight excluding hydrogens is 250 g/mol. The first-order chi connectivity index (χ1) is 8.69. The first kappa shape index (κ1) is 12.5. The van der Waals surface area contributed by atoms with Crippen LogP contribution in [-0.4, -0.2) is 12.2 Å². The first-order valence-electron chi connectivity index (χ1n) is 5.43. The number of hydrogen-bond donors (Lipinski definition) is 2. The number of allylic oxidation sites excluding steroid dienone is 1. The fourth-order valence-electron chi connectivity index (χ4n) is 1.49. The summed E-state index contributed by atoms with van der Waals surface area (Å²) in [5.41, 5.74) is 1.09. The molecule has 0 atom stereocenters. The summed E-state index contributed by atoms with van der Waals surface area (Å²) >= 11 is 6.09. The molecule has 4 nitrogen and oxygen atoms in total. The SMILES string of the molecule is Cc1ccc(OC2=C[NH2+]C(=NC=N)C=C2)c(Cl)c1. The van der Waals surface area contributed by atoms with Gasteiger partial charge in [-0.1, -0.05) is 17.7 Å². The third-order valence-electron chi connectivity index (χ3n) is 2.37. The van der Waals surface area contributed by atoms with Crippen LogP contribution in [0, 0.1) is 12.3 Å². The normalized spacial score (nSPS) is 16.6. The molecule has 1 aliphatic heterocycles. The summed E-state index contributed by atoms with van der Waals surface area (Å²) in [6.07, 6.45) is 6.37. The van der Waals surface area contributed by atoms with Crippen molar-refractivity contribution in [3.8, 4) is 5.75 Å². The topological polar surface area (TPSA) is 62.1 Å². The molecule has 0 saturated carbocycles. The van der Waals surface area contributed by atoms with E-state index in [0.717, 1.165) is 11.9 Å². The summed E-state index contributed by atoms with van der Waals surface area (Å²) in [5, 5.41) is 9.25. The Bertz CT molecular complexity index is 561. The predicted octanol–water partition coefficient (Wildman–Crippen LogP) is 2.01. The van der Waals surface area contributed by atoms with Gasteiger partial charge in [-0.25, -0.2) is 0 Å². The van der Waals surface area contributed by atoms with Crippen LogP contribution in [0.3, 0.4) is 0 Å². The molecular formula is C13H13ClN3O+. The van der Waals surface area contributed by atoms with Crippen molar-refractivity contribution in [2.45, 2.75) is 6.92 Å². The maximum Gasteiger partial charge on any atom is 0.230 e. The zero-order valence-corrected chi connectivity index (χ0v) is 10.6. The van der Waals surface area contributed by atoms with E-state index in [4.69, 9.17) is 21.7 Å². The molecule has 1 heterocycles. The van der Waals surface area contributed by atoms with Crippen LogP contribution in [0.25, 0.3) is 0 Å². The number of nitrogens with zero attached hydrogens (tertiary/aromatic N) is 1. The zero-order valence-electron chi connectivity index (χ0n) is 9.85. The molecule has 0 aliphatic carbocycles. The van der Waals surface area contributed by atoms with E-state index in [9.17, 15) is 0 Å². The number of ether oxygens (including phenoxy) is 1. The Kier molecular flexibility index (Phi) is 3.92. The van der Waals surface area contributed by atoms with E-state index < -0.39 is 0 Å². The summed E-state index contributed by atoms with van der Waals surface area (Å²) in [4.78, 5) is 3.84. The van der Waals surface area contributed by atoms with Crippen LogP contribution in [0.1, 0.15) is 5.56 Å². The molecule has 0 saturated heterocycles. The highest BCUT2D eigenvalue weighted by Gasteiger charge is 2.09. The lowest BCUT2D eigenvalue weighted by molar-refractivity contribution is -0.462. The second-order valence-corrected chi connectivity index (χ2v) is 4.20. The molecule has 0 radical (unpaired) electrons. The number of quaternary nitrogens is 1. The number of aliphatic imine (C=N–C) groups is 1. The average molecular weight is 263 g/mol. The second-order valence-electron chi connectivity index (χ2n) is 3.79. The molecule has 3 N–H and O–H groups in total. The van der Waals surface area contributed by atoms with Gasteiger partial charge in [-0.15, -0.1) is 0 Å². The lowest BCUT2D eigenvalue weighted by atomic mass is 10.2. The number of rotatable bonds is 3. The van der Waals surface area contributed by atoms with Crippen molar-refractivity contribution in [3.05, 3.63) is 52.9 Å². The third kappa shape index (κ3) is 3.06. The van der Waals surface area contributed by atoms with Gasteiger partial charge in [-0.3, -0.25) is 10.7 Å². The van der Waals surface area contributed by atoms with Gasteiger partial charge >= 0.3 is 0 Å². The zero-order chi connectivity index (χ0) is 13.0. The van der Waals surface area contributed by atoms with E-state index in [2.05, 4.69) is 4.99 Å². The highest BCUT2D eigenvalue weighted by atomic mass is 35.5. The van der Waals surface area contributed by atoms with Crippen molar-refractivity contribution < 1.29 is 10.1 Å². The Balaban J connectivity index is 2.10. The largest absolute Gasteiger partial charge is 0.450 e. The maximum atomic E-state index is 6.88. The minimum absolute atomic E-state index is 0.586. The lowest BCUT2D eigenvalue weighted by Crippen LogP contribution is -2.82. The Morgan fingerprint density at radius 2 is 2.22 bits per heavy atom. The van der Waals surface area contributed by atoms with Gasteiger partial charge in [0.25, 0.3) is 0 Å². The number of nitrogens with two attached hydrogens (primary N) is 1. The molecule has 1 aromatic rings. The van der Waals surface area contributed by atoms with Gasteiger partial charge in [-0.2, -0.15) is 4.99 Å². The average Bonchev–Trinajstić information content (AvgIpc) is 2.35. The Labute approximate surface area is 110 Å². The van der Waals surface area contributed by atoms with E-state index in [1.165, 1.54) is 0 Å². The van der Waals surface area contributed by atoms with Crippen molar-refractivity contribution in [2.24, 2.45) is 4.99 Å². The van der Waals surface area contributed by atoms with Gasteiger partial charge < -0.3 is 4.74 Å². The molecule has 1 aromatic carbocycles. The van der Waals surface area contributed by atoms with Gasteiger partial charge in [0.05, 0.1) is 5.02 Å². The summed E-state index contributed by atoms with van der Waals surface area (Å²) in [6.45, 7) is 1.98. The fraction of sp³-hybridized carbons (Fsp3) is 0.0769. The Hall–Kier alpha value is -1.91. The van der Waals surface area contributed by atoms with Crippen LogP contribution < -0.4 is 10.1 Å². The fourth-order valence-corrected chi connectivity index (χ4v) is 1.76. The van der Waals surface area contributed by atoms with E-state index in [1.807, 2.05) is 25.1 Å². The van der Waals surface area contributed by atoms with Gasteiger partial charge in [0, 0.05) is 6.08 Å². The molecule has 5 heteroatoms. The quantitative estimate of drug-likeness (QED) is 0.635. The Morgan fingerprint density at radius 1 is 1.39 bits per heavy atom. The van der Waals surface area contributed by atoms with Crippen molar-refractivity contribution in [3.63, 3.8) is 0 Å². The van der Waals surface area contributed by atoms with Crippen LogP contribution >= 0.6 is 11.6 Å². The van der Waals surface area contributed by atoms with Gasteiger partial charge in [-0.05, 0) is 30.7 Å². The number of nitrogens with one attached hydrogen (secondary N) is 1. The summed E-state index contributed by atoms with van der Waals surface area (Å²) in [6, 6.07) is 5.64. The highest BCUT2D eigenvalue weighted by Crippen LogP contribution is 2.26. The number of halogens is 1. The summed E-state index contributed by atoms with van der Waals surface area (Å²) in [5.74, 6) is 2.02. The minimum Gasteiger partial charge on any atom is -0.450 e. The van der Waals surface area contributed by atoms with Crippen molar-refractivity contribution in [2.75, 3.05) is 0 Å². The third-order valence-corrected chi connectivity index (χ3v) is 2.66. The van der Waals surface area contributed by atoms with Crippen LogP contribution in [0.2, 0.25) is 5.02 Å². The molecule has 1 aliphatic rings. The van der Waals surface area contributed by atoms with E-state index >= 15 is 0 Å². The molecule has 0 bridgehead atoms. The Morgan fingerprint density at radius 3 is 2.83 bits per heavy atom. The first-order valence-corrected chi connectivity index (χ1v) is 5.81. The van der Waals surface area contributed by atoms with Crippen LogP contribution in [0.15, 0.2) is 47.3 Å². The summed E-state index contributed by atoms with van der Waals surface area (Å²) < 4.78 is 5.67. The molecule has 18 heavy (non-hydrogen) atoms. The second kappa shape index (κ2) is 5.62. The molecule has 0 aromatic heterocycles. The smallest absolute Gasteiger partial charge is 0.230 e. The standard InChI is InChI=1S/C13H12ClN3O/c1-9-2-4-12(11(14)6-9)18-10-3-5-13(16-7-10)17-8-15/h2-8H,1H3,(H2,15,16,17)/p+1. The van der Waals surface area contributed by atoms with Gasteiger partial charge in [0.2, 0.25) is 5.84 Å². The van der Waals surface area contributed by atoms with E-state index in [1.54, 1.807) is 23.7 Å². The molecule has 92 valence electrons. The maximum absolute atomic E-state index is 6.88. The van der Waals surface area contributed by atoms with E-state index in [0.29, 0.717) is 22.4 Å². The molecule has 0 unspecified atom stereocenters. The lowest BCUT2D eigenvalue weighted by Gasteiger charge is -2.10. The number of benzene rings is 1. The van der Waals surface area contributed by atoms with Crippen molar-refractivity contribution in [1.82, 2.24) is 0 Å². The molecule has 2 rings (SSSR count). The van der Waals surface area contributed by atoms with Crippen LogP contribution in [0.4, 0.5) is 0 Å². The van der Waals surface area contributed by atoms with Crippen molar-refractivity contribution >= 4 is 23.8 Å².